The summed E-state index contributed by atoms with van der Waals surface area (Å²) in [6.07, 6.45) is 1.97. The number of ether oxygens (including phenoxy) is 1. The SMILES string of the molecule is CC(C)[C@H](NC(=O)NC[C@@H]1CCCO1)C(=O)[O-]. The zero-order valence-electron chi connectivity index (χ0n) is 10.2. The van der Waals surface area contributed by atoms with Crippen molar-refractivity contribution in [2.75, 3.05) is 13.2 Å². The number of urea groups is 1. The molecule has 1 aliphatic rings. The number of rotatable bonds is 5. The van der Waals surface area contributed by atoms with Crippen molar-refractivity contribution < 1.29 is 19.4 Å². The molecule has 2 atom stereocenters. The summed E-state index contributed by atoms with van der Waals surface area (Å²) in [5.41, 5.74) is 0. The van der Waals surface area contributed by atoms with E-state index in [4.69, 9.17) is 4.74 Å². The van der Waals surface area contributed by atoms with Gasteiger partial charge in [-0.25, -0.2) is 4.79 Å². The molecule has 0 unspecified atom stereocenters. The second-order valence-corrected chi connectivity index (χ2v) is 4.53. The summed E-state index contributed by atoms with van der Waals surface area (Å²) in [4.78, 5) is 22.2. The maximum absolute atomic E-state index is 11.5. The van der Waals surface area contributed by atoms with Crippen molar-refractivity contribution in [3.05, 3.63) is 0 Å². The van der Waals surface area contributed by atoms with Gasteiger partial charge in [-0.2, -0.15) is 0 Å². The third-order valence-electron chi connectivity index (χ3n) is 2.72. The number of carbonyl (C=O) groups excluding carboxylic acids is 2. The maximum atomic E-state index is 11.5. The number of hydrogen-bond donors (Lipinski definition) is 2. The second-order valence-electron chi connectivity index (χ2n) is 4.53. The van der Waals surface area contributed by atoms with E-state index >= 15 is 0 Å². The first kappa shape index (κ1) is 13.8. The molecule has 98 valence electrons. The molecule has 0 radical (unpaired) electrons. The summed E-state index contributed by atoms with van der Waals surface area (Å²) in [6.45, 7) is 4.55. The Kier molecular flexibility index (Phi) is 5.21. The number of hydrogen-bond acceptors (Lipinski definition) is 4. The average Bonchev–Trinajstić information content (AvgIpc) is 2.74. The van der Waals surface area contributed by atoms with E-state index in [2.05, 4.69) is 10.6 Å². The average molecular weight is 243 g/mol. The number of amides is 2. The van der Waals surface area contributed by atoms with E-state index in [-0.39, 0.29) is 12.0 Å². The van der Waals surface area contributed by atoms with E-state index in [0.29, 0.717) is 6.54 Å². The first-order valence-corrected chi connectivity index (χ1v) is 5.87. The van der Waals surface area contributed by atoms with Crippen LogP contribution in [0.4, 0.5) is 4.79 Å². The molecule has 2 N–H and O–H groups in total. The topological polar surface area (TPSA) is 90.5 Å². The Morgan fingerprint density at radius 2 is 2.18 bits per heavy atom. The molecule has 1 aliphatic heterocycles. The van der Waals surface area contributed by atoms with Gasteiger partial charge in [0.15, 0.2) is 0 Å². The molecule has 0 aromatic carbocycles. The van der Waals surface area contributed by atoms with E-state index < -0.39 is 18.0 Å². The quantitative estimate of drug-likeness (QED) is 0.664. The molecule has 6 heteroatoms. The molecule has 0 aromatic heterocycles. The molecule has 17 heavy (non-hydrogen) atoms. The summed E-state index contributed by atoms with van der Waals surface area (Å²) in [5.74, 6) is -1.49. The molecule has 0 spiro atoms. The van der Waals surface area contributed by atoms with Crippen molar-refractivity contribution in [3.8, 4) is 0 Å². The number of carbonyl (C=O) groups is 2. The van der Waals surface area contributed by atoms with Crippen molar-refractivity contribution in [1.29, 1.82) is 0 Å². The number of aliphatic carboxylic acids is 1. The molecule has 2 amide bonds. The van der Waals surface area contributed by atoms with Crippen LogP contribution in [-0.2, 0) is 9.53 Å². The van der Waals surface area contributed by atoms with Gasteiger partial charge < -0.3 is 25.3 Å². The monoisotopic (exact) mass is 243 g/mol. The molecule has 0 saturated carbocycles. The van der Waals surface area contributed by atoms with Gasteiger partial charge in [-0.3, -0.25) is 0 Å². The van der Waals surface area contributed by atoms with Crippen molar-refractivity contribution in [1.82, 2.24) is 10.6 Å². The van der Waals surface area contributed by atoms with Gasteiger partial charge in [0.2, 0.25) is 0 Å². The van der Waals surface area contributed by atoms with Gasteiger partial charge in [-0.15, -0.1) is 0 Å². The minimum atomic E-state index is -1.27. The normalized spacial score (nSPS) is 21.2. The van der Waals surface area contributed by atoms with Gasteiger partial charge in [-0.1, -0.05) is 13.8 Å². The minimum absolute atomic E-state index is 0.0428. The van der Waals surface area contributed by atoms with Crippen LogP contribution in [0.1, 0.15) is 26.7 Å². The molecule has 1 fully saturated rings. The maximum Gasteiger partial charge on any atom is 0.315 e. The minimum Gasteiger partial charge on any atom is -0.548 e. The van der Waals surface area contributed by atoms with Crippen LogP contribution in [0, 0.1) is 5.92 Å². The lowest BCUT2D eigenvalue weighted by Crippen LogP contribution is -2.54. The number of carboxylic acid groups (broad SMARTS) is 1. The summed E-state index contributed by atoms with van der Waals surface area (Å²) in [7, 11) is 0. The molecule has 1 rings (SSSR count). The van der Waals surface area contributed by atoms with Gasteiger partial charge in [0, 0.05) is 13.2 Å². The first-order chi connectivity index (χ1) is 8.00. The van der Waals surface area contributed by atoms with Crippen LogP contribution in [0.25, 0.3) is 0 Å². The van der Waals surface area contributed by atoms with Crippen LogP contribution in [0.15, 0.2) is 0 Å². The van der Waals surface area contributed by atoms with Crippen molar-refractivity contribution >= 4 is 12.0 Å². The Morgan fingerprint density at radius 3 is 2.65 bits per heavy atom. The lowest BCUT2D eigenvalue weighted by Gasteiger charge is -2.23. The molecular formula is C11H19N2O4-. The van der Waals surface area contributed by atoms with Crippen molar-refractivity contribution in [2.24, 2.45) is 5.92 Å². The van der Waals surface area contributed by atoms with E-state index in [1.165, 1.54) is 0 Å². The van der Waals surface area contributed by atoms with E-state index in [0.717, 1.165) is 19.4 Å². The summed E-state index contributed by atoms with van der Waals surface area (Å²) >= 11 is 0. The van der Waals surface area contributed by atoms with Gasteiger partial charge in [0.05, 0.1) is 18.1 Å². The zero-order valence-corrected chi connectivity index (χ0v) is 10.2. The summed E-state index contributed by atoms with van der Waals surface area (Å²) < 4.78 is 5.33. The highest BCUT2D eigenvalue weighted by Crippen LogP contribution is 2.10. The third-order valence-corrected chi connectivity index (χ3v) is 2.72. The van der Waals surface area contributed by atoms with Crippen LogP contribution in [0.3, 0.4) is 0 Å². The van der Waals surface area contributed by atoms with Crippen molar-refractivity contribution in [2.45, 2.75) is 38.8 Å². The highest BCUT2D eigenvalue weighted by atomic mass is 16.5. The summed E-state index contributed by atoms with van der Waals surface area (Å²) in [5, 5.41) is 15.7. The Labute approximate surface area is 101 Å². The third kappa shape index (κ3) is 4.60. The number of carboxylic acids is 1. The highest BCUT2D eigenvalue weighted by molar-refractivity contribution is 5.81. The van der Waals surface area contributed by atoms with Gasteiger partial charge >= 0.3 is 6.03 Å². The Bertz CT molecular complexity index is 275. The van der Waals surface area contributed by atoms with E-state index in [9.17, 15) is 14.7 Å². The van der Waals surface area contributed by atoms with Gasteiger partial charge in [0.25, 0.3) is 0 Å². The Balaban J connectivity index is 2.29. The molecule has 6 nitrogen and oxygen atoms in total. The van der Waals surface area contributed by atoms with Crippen LogP contribution in [-0.4, -0.2) is 37.3 Å². The van der Waals surface area contributed by atoms with Crippen molar-refractivity contribution in [3.63, 3.8) is 0 Å². The predicted molar refractivity (Wildman–Crippen MR) is 59.1 cm³/mol. The standard InChI is InChI=1S/C11H20N2O4/c1-7(2)9(10(14)15)13-11(16)12-6-8-4-3-5-17-8/h7-9H,3-6H2,1-2H3,(H,14,15)(H2,12,13,16)/p-1/t8-,9-/m0/s1. The second kappa shape index (κ2) is 6.44. The van der Waals surface area contributed by atoms with Gasteiger partial charge in [-0.05, 0) is 18.8 Å². The predicted octanol–water partition coefficient (Wildman–Crippen LogP) is -0.761. The largest absolute Gasteiger partial charge is 0.548 e. The fourth-order valence-electron chi connectivity index (χ4n) is 1.70. The lowest BCUT2D eigenvalue weighted by molar-refractivity contribution is -0.309. The van der Waals surface area contributed by atoms with E-state index in [1.54, 1.807) is 13.8 Å². The van der Waals surface area contributed by atoms with Crippen LogP contribution in [0.5, 0.6) is 0 Å². The lowest BCUT2D eigenvalue weighted by atomic mass is 10.1. The molecule has 0 aliphatic carbocycles. The Morgan fingerprint density at radius 1 is 1.47 bits per heavy atom. The fourth-order valence-corrected chi connectivity index (χ4v) is 1.70. The van der Waals surface area contributed by atoms with Crippen LogP contribution in [0.2, 0.25) is 0 Å². The van der Waals surface area contributed by atoms with Crippen LogP contribution < -0.4 is 15.7 Å². The van der Waals surface area contributed by atoms with Gasteiger partial charge in [0.1, 0.15) is 0 Å². The molecule has 0 aromatic rings. The zero-order chi connectivity index (χ0) is 12.8. The molecule has 1 saturated heterocycles. The molecule has 1 heterocycles. The fraction of sp³-hybridized carbons (Fsp3) is 0.818. The smallest absolute Gasteiger partial charge is 0.315 e. The highest BCUT2D eigenvalue weighted by Gasteiger charge is 2.19. The molecule has 0 bridgehead atoms. The summed E-state index contributed by atoms with van der Waals surface area (Å²) in [6, 6.07) is -1.47. The molecular weight excluding hydrogens is 224 g/mol. The first-order valence-electron chi connectivity index (χ1n) is 5.87. The van der Waals surface area contributed by atoms with Crippen LogP contribution >= 0.6 is 0 Å². The number of nitrogens with one attached hydrogen (secondary N) is 2. The Hall–Kier alpha value is -1.30. The van der Waals surface area contributed by atoms with E-state index in [1.807, 2.05) is 0 Å².